The van der Waals surface area contributed by atoms with E-state index in [9.17, 15) is 0 Å². The Morgan fingerprint density at radius 2 is 2.11 bits per heavy atom. The van der Waals surface area contributed by atoms with Crippen LogP contribution in [0.1, 0.15) is 26.3 Å². The first-order valence-corrected chi connectivity index (χ1v) is 7.23. The number of nitrogens with zero attached hydrogens (tertiary/aromatic N) is 1. The molecule has 0 spiro atoms. The largest absolute Gasteiger partial charge is 0.380 e. The van der Waals surface area contributed by atoms with Crippen LogP contribution >= 0.6 is 11.6 Å². The molecule has 1 aromatic carbocycles. The van der Waals surface area contributed by atoms with Crippen LogP contribution in [0.25, 0.3) is 0 Å². The van der Waals surface area contributed by atoms with E-state index in [0.717, 1.165) is 31.3 Å². The third-order valence-electron chi connectivity index (χ3n) is 2.93. The van der Waals surface area contributed by atoms with Crippen LogP contribution < -0.4 is 10.2 Å². The maximum Gasteiger partial charge on any atom is 0.0641 e. The van der Waals surface area contributed by atoms with E-state index >= 15 is 0 Å². The van der Waals surface area contributed by atoms with Crippen molar-refractivity contribution in [3.63, 3.8) is 0 Å². The second-order valence-corrected chi connectivity index (χ2v) is 5.36. The molecule has 0 aliphatic carbocycles. The third-order valence-corrected chi connectivity index (χ3v) is 3.17. The topological polar surface area (TPSA) is 24.5 Å². The van der Waals surface area contributed by atoms with E-state index in [2.05, 4.69) is 37.2 Å². The lowest BCUT2D eigenvalue weighted by atomic mass is 10.1. The summed E-state index contributed by atoms with van der Waals surface area (Å²) < 4.78 is 5.40. The molecule has 3 nitrogen and oxygen atoms in total. The van der Waals surface area contributed by atoms with Gasteiger partial charge in [-0.15, -0.1) is 0 Å². The molecule has 0 fully saturated rings. The molecule has 0 aliphatic rings. The third kappa shape index (κ3) is 5.81. The molecule has 0 bridgehead atoms. The van der Waals surface area contributed by atoms with Crippen molar-refractivity contribution >= 4 is 17.3 Å². The molecule has 0 saturated carbocycles. The SMILES string of the molecule is CCOCCN(C)c1cc(Cl)ccc1CNC(C)C. The fourth-order valence-corrected chi connectivity index (χ4v) is 1.99. The minimum Gasteiger partial charge on any atom is -0.380 e. The highest BCUT2D eigenvalue weighted by Crippen LogP contribution is 2.24. The number of benzene rings is 1. The molecule has 0 heterocycles. The summed E-state index contributed by atoms with van der Waals surface area (Å²) in [4.78, 5) is 2.19. The molecular weight excluding hydrogens is 260 g/mol. The van der Waals surface area contributed by atoms with Gasteiger partial charge in [0, 0.05) is 43.5 Å². The fourth-order valence-electron chi connectivity index (χ4n) is 1.82. The van der Waals surface area contributed by atoms with Crippen molar-refractivity contribution in [3.05, 3.63) is 28.8 Å². The summed E-state index contributed by atoms with van der Waals surface area (Å²) in [6.45, 7) is 9.51. The van der Waals surface area contributed by atoms with Crippen LogP contribution in [0.3, 0.4) is 0 Å². The number of hydrogen-bond donors (Lipinski definition) is 1. The van der Waals surface area contributed by atoms with Gasteiger partial charge in [0.05, 0.1) is 6.61 Å². The number of anilines is 1. The molecule has 1 aromatic rings. The van der Waals surface area contributed by atoms with Crippen LogP contribution in [-0.2, 0) is 11.3 Å². The second-order valence-electron chi connectivity index (χ2n) is 4.93. The molecule has 1 rings (SSSR count). The van der Waals surface area contributed by atoms with E-state index in [-0.39, 0.29) is 0 Å². The molecule has 0 unspecified atom stereocenters. The van der Waals surface area contributed by atoms with E-state index in [0.29, 0.717) is 6.04 Å². The molecule has 0 amide bonds. The van der Waals surface area contributed by atoms with Crippen molar-refractivity contribution in [2.45, 2.75) is 33.4 Å². The molecule has 0 atom stereocenters. The summed E-state index contributed by atoms with van der Waals surface area (Å²) >= 11 is 6.11. The normalized spacial score (nSPS) is 11.1. The number of ether oxygens (including phenoxy) is 1. The van der Waals surface area contributed by atoms with Crippen LogP contribution in [0.2, 0.25) is 5.02 Å². The highest BCUT2D eigenvalue weighted by atomic mass is 35.5. The lowest BCUT2D eigenvalue weighted by molar-refractivity contribution is 0.154. The Balaban J connectivity index is 2.74. The maximum atomic E-state index is 6.11. The zero-order valence-electron chi connectivity index (χ0n) is 12.4. The maximum absolute atomic E-state index is 6.11. The Labute approximate surface area is 121 Å². The van der Waals surface area contributed by atoms with Crippen LogP contribution in [0.4, 0.5) is 5.69 Å². The average molecular weight is 285 g/mol. The lowest BCUT2D eigenvalue weighted by Crippen LogP contribution is -2.26. The molecule has 1 N–H and O–H groups in total. The van der Waals surface area contributed by atoms with Gasteiger partial charge in [0.25, 0.3) is 0 Å². The molecule has 108 valence electrons. The Hall–Kier alpha value is -0.770. The van der Waals surface area contributed by atoms with Crippen molar-refractivity contribution in [2.24, 2.45) is 0 Å². The first-order valence-electron chi connectivity index (χ1n) is 6.85. The first kappa shape index (κ1) is 16.3. The van der Waals surface area contributed by atoms with Crippen LogP contribution in [0.15, 0.2) is 18.2 Å². The number of rotatable bonds is 8. The summed E-state index contributed by atoms with van der Waals surface area (Å²) in [6, 6.07) is 6.52. The monoisotopic (exact) mass is 284 g/mol. The van der Waals surface area contributed by atoms with Gasteiger partial charge in [0.15, 0.2) is 0 Å². The first-order chi connectivity index (χ1) is 9.04. The van der Waals surface area contributed by atoms with Crippen molar-refractivity contribution < 1.29 is 4.74 Å². The van der Waals surface area contributed by atoms with Crippen molar-refractivity contribution in [2.75, 3.05) is 31.7 Å². The Bertz CT molecular complexity index is 382. The average Bonchev–Trinajstić information content (AvgIpc) is 2.37. The summed E-state index contributed by atoms with van der Waals surface area (Å²) in [5.41, 5.74) is 2.43. The van der Waals surface area contributed by atoms with Crippen LogP contribution in [-0.4, -0.2) is 32.8 Å². The molecule has 0 aliphatic heterocycles. The van der Waals surface area contributed by atoms with E-state index in [1.807, 2.05) is 19.1 Å². The zero-order chi connectivity index (χ0) is 14.3. The highest BCUT2D eigenvalue weighted by Gasteiger charge is 2.08. The number of halogens is 1. The Morgan fingerprint density at radius 1 is 1.37 bits per heavy atom. The van der Waals surface area contributed by atoms with Crippen LogP contribution in [0.5, 0.6) is 0 Å². The molecule has 19 heavy (non-hydrogen) atoms. The summed E-state index contributed by atoms with van der Waals surface area (Å²) in [5, 5.41) is 4.21. The fraction of sp³-hybridized carbons (Fsp3) is 0.600. The smallest absolute Gasteiger partial charge is 0.0641 e. The number of likely N-dealkylation sites (N-methyl/N-ethyl adjacent to an activating group) is 1. The Morgan fingerprint density at radius 3 is 2.74 bits per heavy atom. The Kier molecular flexibility index (Phi) is 7.21. The predicted octanol–water partition coefficient (Wildman–Crippen LogP) is 3.31. The number of hydrogen-bond acceptors (Lipinski definition) is 3. The summed E-state index contributed by atoms with van der Waals surface area (Å²) in [5.74, 6) is 0. The van der Waals surface area contributed by atoms with Crippen LogP contribution in [0, 0.1) is 0 Å². The van der Waals surface area contributed by atoms with Gasteiger partial charge in [0.2, 0.25) is 0 Å². The van der Waals surface area contributed by atoms with Gasteiger partial charge < -0.3 is 15.0 Å². The van der Waals surface area contributed by atoms with E-state index in [1.165, 1.54) is 11.3 Å². The second kappa shape index (κ2) is 8.41. The summed E-state index contributed by atoms with van der Waals surface area (Å²) in [7, 11) is 2.07. The molecule has 0 aromatic heterocycles. The molecule has 4 heteroatoms. The van der Waals surface area contributed by atoms with Gasteiger partial charge in [-0.1, -0.05) is 31.5 Å². The number of nitrogens with one attached hydrogen (secondary N) is 1. The van der Waals surface area contributed by atoms with E-state index in [1.54, 1.807) is 0 Å². The molecule has 0 saturated heterocycles. The molecule has 0 radical (unpaired) electrons. The lowest BCUT2D eigenvalue weighted by Gasteiger charge is -2.23. The highest BCUT2D eigenvalue weighted by molar-refractivity contribution is 6.30. The van der Waals surface area contributed by atoms with Crippen molar-refractivity contribution in [1.29, 1.82) is 0 Å². The predicted molar refractivity (Wildman–Crippen MR) is 83.2 cm³/mol. The van der Waals surface area contributed by atoms with E-state index < -0.39 is 0 Å². The van der Waals surface area contributed by atoms with Crippen molar-refractivity contribution in [1.82, 2.24) is 5.32 Å². The minimum absolute atomic E-state index is 0.470. The quantitative estimate of drug-likeness (QED) is 0.741. The van der Waals surface area contributed by atoms with Gasteiger partial charge >= 0.3 is 0 Å². The van der Waals surface area contributed by atoms with Gasteiger partial charge in [-0.3, -0.25) is 0 Å². The molecular formula is C15H25ClN2O. The van der Waals surface area contributed by atoms with Gasteiger partial charge in [-0.05, 0) is 24.6 Å². The standard InChI is InChI=1S/C15H25ClN2O/c1-5-19-9-8-18(4)15-10-14(16)7-6-13(15)11-17-12(2)3/h6-7,10,12,17H,5,8-9,11H2,1-4H3. The summed E-state index contributed by atoms with van der Waals surface area (Å²) in [6.07, 6.45) is 0. The van der Waals surface area contributed by atoms with Crippen molar-refractivity contribution in [3.8, 4) is 0 Å². The van der Waals surface area contributed by atoms with Gasteiger partial charge in [0.1, 0.15) is 0 Å². The van der Waals surface area contributed by atoms with Gasteiger partial charge in [-0.25, -0.2) is 0 Å². The zero-order valence-corrected chi connectivity index (χ0v) is 13.1. The van der Waals surface area contributed by atoms with E-state index in [4.69, 9.17) is 16.3 Å². The van der Waals surface area contributed by atoms with Gasteiger partial charge in [-0.2, -0.15) is 0 Å². The minimum atomic E-state index is 0.470.